The Morgan fingerprint density at radius 2 is 1.48 bits per heavy atom. The first kappa shape index (κ1) is 23.8. The maximum atomic E-state index is 10.5. The fraction of sp³-hybridized carbons (Fsp3) is 0.933. The van der Waals surface area contributed by atoms with Crippen LogP contribution >= 0.6 is 0 Å². The summed E-state index contributed by atoms with van der Waals surface area (Å²) >= 11 is 0. The Hall–Kier alpha value is -0.300. The van der Waals surface area contributed by atoms with E-state index in [2.05, 4.69) is 60.6 Å². The van der Waals surface area contributed by atoms with Crippen molar-refractivity contribution in [1.29, 1.82) is 0 Å². The predicted octanol–water partition coefficient (Wildman–Crippen LogP) is 8.13. The molecule has 0 saturated heterocycles. The molecule has 178 valence electrons. The van der Waals surface area contributed by atoms with Crippen LogP contribution in [0.4, 0.5) is 0 Å². The van der Waals surface area contributed by atoms with E-state index in [1.165, 1.54) is 51.4 Å². The molecular weight excluding hydrogens is 376 g/mol. The molecule has 11 atom stereocenters. The highest BCUT2D eigenvalue weighted by molar-refractivity contribution is 5.12. The van der Waals surface area contributed by atoms with Crippen molar-refractivity contribution in [2.45, 2.75) is 112 Å². The maximum Gasteiger partial charge on any atom is 0.0568 e. The van der Waals surface area contributed by atoms with Crippen molar-refractivity contribution >= 4 is 0 Å². The minimum Gasteiger partial charge on any atom is -0.393 e. The summed E-state index contributed by atoms with van der Waals surface area (Å²) in [5.74, 6) is 7.14. The number of rotatable bonds is 5. The predicted molar refractivity (Wildman–Crippen MR) is 133 cm³/mol. The molecule has 0 aromatic rings. The summed E-state index contributed by atoms with van der Waals surface area (Å²) in [6.45, 7) is 17.3. The van der Waals surface area contributed by atoms with E-state index in [-0.39, 0.29) is 6.10 Å². The van der Waals surface area contributed by atoms with Gasteiger partial charge >= 0.3 is 0 Å². The molecule has 4 saturated carbocycles. The van der Waals surface area contributed by atoms with Crippen molar-refractivity contribution in [3.8, 4) is 0 Å². The topological polar surface area (TPSA) is 20.2 Å². The van der Waals surface area contributed by atoms with Gasteiger partial charge in [0.15, 0.2) is 0 Å². The SMILES string of the molecule is CCC(C=CC(C)C1CCC2C3CCC4C(C)C(O)CCC4(C)C3CCC12C)C(C)C. The zero-order valence-electron chi connectivity index (χ0n) is 21.7. The third kappa shape index (κ3) is 3.87. The lowest BCUT2D eigenvalue weighted by Gasteiger charge is -2.62. The van der Waals surface area contributed by atoms with Crippen LogP contribution in [0.1, 0.15) is 106 Å². The third-order valence-corrected chi connectivity index (χ3v) is 11.9. The molecule has 4 rings (SSSR count). The molecule has 0 bridgehead atoms. The Morgan fingerprint density at radius 1 is 0.839 bits per heavy atom. The Balaban J connectivity index is 1.51. The number of hydrogen-bond donors (Lipinski definition) is 1. The zero-order valence-corrected chi connectivity index (χ0v) is 21.7. The van der Waals surface area contributed by atoms with E-state index in [0.29, 0.717) is 16.7 Å². The van der Waals surface area contributed by atoms with Gasteiger partial charge in [0, 0.05) is 0 Å². The summed E-state index contributed by atoms with van der Waals surface area (Å²) in [5, 5.41) is 10.5. The van der Waals surface area contributed by atoms with Gasteiger partial charge in [-0.1, -0.05) is 60.6 Å². The number of aliphatic hydroxyl groups is 1. The molecule has 0 amide bonds. The van der Waals surface area contributed by atoms with E-state index >= 15 is 0 Å². The Morgan fingerprint density at radius 3 is 2.16 bits per heavy atom. The van der Waals surface area contributed by atoms with Crippen LogP contribution in [0.25, 0.3) is 0 Å². The van der Waals surface area contributed by atoms with Gasteiger partial charge < -0.3 is 5.11 Å². The van der Waals surface area contributed by atoms with E-state index in [1.54, 1.807) is 0 Å². The lowest BCUT2D eigenvalue weighted by molar-refractivity contribution is -0.148. The van der Waals surface area contributed by atoms with Gasteiger partial charge in [-0.15, -0.1) is 0 Å². The molecule has 11 unspecified atom stereocenters. The van der Waals surface area contributed by atoms with E-state index < -0.39 is 0 Å². The van der Waals surface area contributed by atoms with Crippen molar-refractivity contribution in [2.24, 2.45) is 64.1 Å². The fourth-order valence-electron chi connectivity index (χ4n) is 9.90. The molecule has 0 aliphatic heterocycles. The van der Waals surface area contributed by atoms with Crippen molar-refractivity contribution in [3.05, 3.63) is 12.2 Å². The summed E-state index contributed by atoms with van der Waals surface area (Å²) in [5.41, 5.74) is 1.03. The Labute approximate surface area is 193 Å². The highest BCUT2D eigenvalue weighted by Gasteiger charge is 2.61. The molecule has 0 heterocycles. The average Bonchev–Trinajstić information content (AvgIpc) is 3.08. The average molecular weight is 429 g/mol. The van der Waals surface area contributed by atoms with Gasteiger partial charge in [0.2, 0.25) is 0 Å². The normalized spacial score (nSPS) is 49.5. The summed E-state index contributed by atoms with van der Waals surface area (Å²) in [6.07, 6.45) is 17.3. The fourth-order valence-corrected chi connectivity index (χ4v) is 9.90. The molecule has 4 aliphatic rings. The van der Waals surface area contributed by atoms with Crippen molar-refractivity contribution in [3.63, 3.8) is 0 Å². The molecule has 1 N–H and O–H groups in total. The molecule has 0 radical (unpaired) electrons. The van der Waals surface area contributed by atoms with Crippen LogP contribution in [-0.4, -0.2) is 11.2 Å². The first-order valence-corrected chi connectivity index (χ1v) is 14.0. The van der Waals surface area contributed by atoms with Crippen LogP contribution in [0, 0.1) is 64.1 Å². The van der Waals surface area contributed by atoms with Crippen molar-refractivity contribution in [2.75, 3.05) is 0 Å². The summed E-state index contributed by atoms with van der Waals surface area (Å²) in [6, 6.07) is 0. The van der Waals surface area contributed by atoms with Crippen LogP contribution < -0.4 is 0 Å². The van der Waals surface area contributed by atoms with Gasteiger partial charge in [-0.3, -0.25) is 0 Å². The smallest absolute Gasteiger partial charge is 0.0568 e. The number of aliphatic hydroxyl groups excluding tert-OH is 1. The largest absolute Gasteiger partial charge is 0.393 e. The van der Waals surface area contributed by atoms with Gasteiger partial charge in [-0.05, 0) is 122 Å². The summed E-state index contributed by atoms with van der Waals surface area (Å²) < 4.78 is 0. The molecule has 31 heavy (non-hydrogen) atoms. The van der Waals surface area contributed by atoms with Gasteiger partial charge in [-0.2, -0.15) is 0 Å². The summed E-state index contributed by atoms with van der Waals surface area (Å²) in [7, 11) is 0. The number of allylic oxidation sites excluding steroid dienone is 2. The molecule has 4 aliphatic carbocycles. The van der Waals surface area contributed by atoms with Gasteiger partial charge in [0.25, 0.3) is 0 Å². The van der Waals surface area contributed by atoms with E-state index in [1.807, 2.05) is 0 Å². The van der Waals surface area contributed by atoms with Gasteiger partial charge in [-0.25, -0.2) is 0 Å². The number of hydrogen-bond acceptors (Lipinski definition) is 1. The molecule has 0 aromatic heterocycles. The second-order valence-electron chi connectivity index (χ2n) is 13.3. The molecule has 0 spiro atoms. The lowest BCUT2D eigenvalue weighted by atomic mass is 9.43. The van der Waals surface area contributed by atoms with E-state index in [0.717, 1.165) is 53.8 Å². The second kappa shape index (κ2) is 8.81. The molecule has 4 fully saturated rings. The Kier molecular flexibility index (Phi) is 6.78. The maximum absolute atomic E-state index is 10.5. The first-order valence-electron chi connectivity index (χ1n) is 14.0. The van der Waals surface area contributed by atoms with Crippen LogP contribution in [0.2, 0.25) is 0 Å². The monoisotopic (exact) mass is 428 g/mol. The molecule has 1 heteroatoms. The van der Waals surface area contributed by atoms with Gasteiger partial charge in [0.05, 0.1) is 6.10 Å². The first-order chi connectivity index (χ1) is 14.6. The molecule has 0 aromatic carbocycles. The Bertz CT molecular complexity index is 651. The summed E-state index contributed by atoms with van der Waals surface area (Å²) in [4.78, 5) is 0. The second-order valence-corrected chi connectivity index (χ2v) is 13.3. The van der Waals surface area contributed by atoms with Gasteiger partial charge in [0.1, 0.15) is 0 Å². The molecule has 1 nitrogen and oxygen atoms in total. The number of fused-ring (bicyclic) bond motifs is 5. The van der Waals surface area contributed by atoms with Crippen LogP contribution in [0.5, 0.6) is 0 Å². The standard InChI is InChI=1S/C30H52O/c1-8-22(19(2)3)10-9-20(4)24-13-14-26-23-11-12-25-21(5)28(31)16-18-30(25,7)27(23)15-17-29(24,26)6/h9-10,19-28,31H,8,11-18H2,1-7H3. The third-order valence-electron chi connectivity index (χ3n) is 11.9. The van der Waals surface area contributed by atoms with Crippen molar-refractivity contribution < 1.29 is 5.11 Å². The highest BCUT2D eigenvalue weighted by atomic mass is 16.3. The van der Waals surface area contributed by atoms with Crippen LogP contribution in [0.3, 0.4) is 0 Å². The quantitative estimate of drug-likeness (QED) is 0.438. The van der Waals surface area contributed by atoms with E-state index in [4.69, 9.17) is 0 Å². The zero-order chi connectivity index (χ0) is 22.6. The van der Waals surface area contributed by atoms with E-state index in [9.17, 15) is 5.11 Å². The van der Waals surface area contributed by atoms with Crippen LogP contribution in [-0.2, 0) is 0 Å². The minimum absolute atomic E-state index is 0.0511. The van der Waals surface area contributed by atoms with Crippen LogP contribution in [0.15, 0.2) is 12.2 Å². The van der Waals surface area contributed by atoms with Crippen molar-refractivity contribution in [1.82, 2.24) is 0 Å². The molecular formula is C30H52O. The minimum atomic E-state index is -0.0511. The highest BCUT2D eigenvalue weighted by Crippen LogP contribution is 2.68. The lowest BCUT2D eigenvalue weighted by Crippen LogP contribution is -2.56.